The van der Waals surface area contributed by atoms with E-state index in [0.717, 1.165) is 22.6 Å². The van der Waals surface area contributed by atoms with E-state index < -0.39 is 0 Å². The minimum atomic E-state index is -0.267. The van der Waals surface area contributed by atoms with Crippen LogP contribution in [-0.2, 0) is 0 Å². The molecule has 5 rings (SSSR count). The number of hydrogen-bond acceptors (Lipinski definition) is 5. The summed E-state index contributed by atoms with van der Waals surface area (Å²) in [6.45, 7) is 1.87. The Balaban J connectivity index is 1.46. The van der Waals surface area contributed by atoms with Crippen molar-refractivity contribution in [2.45, 2.75) is 6.92 Å². The summed E-state index contributed by atoms with van der Waals surface area (Å²) in [5.41, 5.74) is 4.25. The van der Waals surface area contributed by atoms with E-state index in [1.54, 1.807) is 24.2 Å². The van der Waals surface area contributed by atoms with Crippen molar-refractivity contribution in [3.8, 4) is 22.7 Å². The minimum absolute atomic E-state index is 0.267. The van der Waals surface area contributed by atoms with Crippen LogP contribution in [0.25, 0.3) is 22.7 Å². The highest BCUT2D eigenvalue weighted by Crippen LogP contribution is 2.31. The van der Waals surface area contributed by atoms with Gasteiger partial charge in [-0.05, 0) is 43.3 Å². The van der Waals surface area contributed by atoms with Crippen LogP contribution in [-0.4, -0.2) is 37.2 Å². The first-order chi connectivity index (χ1) is 15.6. The van der Waals surface area contributed by atoms with Gasteiger partial charge in [-0.1, -0.05) is 18.2 Å². The fraction of sp³-hybridized carbons (Fsp3) is 0.0833. The smallest absolute Gasteiger partial charge is 0.259 e. The molecule has 32 heavy (non-hydrogen) atoms. The molecule has 3 aromatic heterocycles. The van der Waals surface area contributed by atoms with E-state index in [1.807, 2.05) is 78.3 Å². The topological polar surface area (TPSA) is 86.3 Å². The standard InChI is InChI=1S/C24H20N6O2/c1-16-19(14-26-30(16)18-7-4-3-5-8-18)23(31)27-20-13-17(9-10-22(20)32-2)21-15-29-12-6-11-25-24(29)28-21/h3-15H,1-2H3,(H,27,31). The van der Waals surface area contributed by atoms with Gasteiger partial charge in [-0.2, -0.15) is 5.10 Å². The average molecular weight is 424 g/mol. The first kappa shape index (κ1) is 19.5. The van der Waals surface area contributed by atoms with Crippen molar-refractivity contribution in [1.82, 2.24) is 24.1 Å². The molecule has 8 nitrogen and oxygen atoms in total. The van der Waals surface area contributed by atoms with Gasteiger partial charge >= 0.3 is 0 Å². The van der Waals surface area contributed by atoms with E-state index in [2.05, 4.69) is 20.4 Å². The molecular weight excluding hydrogens is 404 g/mol. The van der Waals surface area contributed by atoms with Crippen LogP contribution in [0.2, 0.25) is 0 Å². The third-order valence-corrected chi connectivity index (χ3v) is 5.23. The molecule has 0 aliphatic rings. The summed E-state index contributed by atoms with van der Waals surface area (Å²) in [6, 6.07) is 17.1. The van der Waals surface area contributed by atoms with Crippen molar-refractivity contribution in [3.63, 3.8) is 0 Å². The molecule has 0 aliphatic carbocycles. The predicted octanol–water partition coefficient (Wildman–Crippen LogP) is 4.15. The number of nitrogens with zero attached hydrogens (tertiary/aromatic N) is 5. The second kappa shape index (κ2) is 7.99. The highest BCUT2D eigenvalue weighted by atomic mass is 16.5. The van der Waals surface area contributed by atoms with Crippen LogP contribution in [0, 0.1) is 6.92 Å². The van der Waals surface area contributed by atoms with Crippen LogP contribution >= 0.6 is 0 Å². The Kier molecular flexibility index (Phi) is 4.87. The molecule has 158 valence electrons. The van der Waals surface area contributed by atoms with Crippen molar-refractivity contribution in [1.29, 1.82) is 0 Å². The number of ether oxygens (including phenoxy) is 1. The number of hydrogen-bond donors (Lipinski definition) is 1. The minimum Gasteiger partial charge on any atom is -0.495 e. The molecule has 0 unspecified atom stereocenters. The van der Waals surface area contributed by atoms with Gasteiger partial charge in [0.1, 0.15) is 5.75 Å². The molecular formula is C24H20N6O2. The summed E-state index contributed by atoms with van der Waals surface area (Å²) < 4.78 is 9.05. The zero-order chi connectivity index (χ0) is 22.1. The molecule has 3 heterocycles. The van der Waals surface area contributed by atoms with Crippen molar-refractivity contribution in [3.05, 3.63) is 90.6 Å². The zero-order valence-corrected chi connectivity index (χ0v) is 17.6. The zero-order valence-electron chi connectivity index (χ0n) is 17.6. The molecule has 0 aliphatic heterocycles. The number of fused-ring (bicyclic) bond motifs is 1. The Bertz CT molecular complexity index is 1390. The first-order valence-corrected chi connectivity index (χ1v) is 10.0. The lowest BCUT2D eigenvalue weighted by atomic mass is 10.1. The number of carbonyl (C=O) groups is 1. The average Bonchev–Trinajstić information content (AvgIpc) is 3.43. The molecule has 0 bridgehead atoms. The Morgan fingerprint density at radius 1 is 1.09 bits per heavy atom. The first-order valence-electron chi connectivity index (χ1n) is 10.0. The van der Waals surface area contributed by atoms with Crippen LogP contribution in [0.5, 0.6) is 5.75 Å². The van der Waals surface area contributed by atoms with Gasteiger partial charge < -0.3 is 10.1 Å². The van der Waals surface area contributed by atoms with E-state index in [0.29, 0.717) is 22.8 Å². The third-order valence-electron chi connectivity index (χ3n) is 5.23. The van der Waals surface area contributed by atoms with Crippen LogP contribution in [0.4, 0.5) is 5.69 Å². The van der Waals surface area contributed by atoms with Crippen molar-refractivity contribution in [2.75, 3.05) is 12.4 Å². The highest BCUT2D eigenvalue weighted by molar-refractivity contribution is 6.06. The molecule has 1 amide bonds. The molecule has 1 N–H and O–H groups in total. The van der Waals surface area contributed by atoms with Crippen molar-refractivity contribution < 1.29 is 9.53 Å². The van der Waals surface area contributed by atoms with E-state index in [4.69, 9.17) is 4.74 Å². The van der Waals surface area contributed by atoms with Crippen molar-refractivity contribution in [2.24, 2.45) is 0 Å². The van der Waals surface area contributed by atoms with Gasteiger partial charge in [0.05, 0.1) is 41.6 Å². The maximum Gasteiger partial charge on any atom is 0.259 e. The molecule has 0 saturated heterocycles. The molecule has 0 spiro atoms. The number of para-hydroxylation sites is 1. The van der Waals surface area contributed by atoms with Gasteiger partial charge in [-0.15, -0.1) is 0 Å². The summed E-state index contributed by atoms with van der Waals surface area (Å²) in [4.78, 5) is 21.9. The van der Waals surface area contributed by atoms with Crippen molar-refractivity contribution >= 4 is 17.4 Å². The van der Waals surface area contributed by atoms with Crippen LogP contribution in [0.1, 0.15) is 16.1 Å². The van der Waals surface area contributed by atoms with Gasteiger partial charge in [0.25, 0.3) is 5.91 Å². The van der Waals surface area contributed by atoms with E-state index in [-0.39, 0.29) is 5.91 Å². The maximum atomic E-state index is 13.1. The Hall–Kier alpha value is -4.46. The SMILES string of the molecule is COc1ccc(-c2cn3cccnc3n2)cc1NC(=O)c1cnn(-c2ccccc2)c1C. The van der Waals surface area contributed by atoms with Gasteiger partial charge in [-0.25, -0.2) is 14.6 Å². The molecule has 0 radical (unpaired) electrons. The fourth-order valence-electron chi connectivity index (χ4n) is 3.59. The second-order valence-electron chi connectivity index (χ2n) is 7.21. The Morgan fingerprint density at radius 2 is 1.94 bits per heavy atom. The quantitative estimate of drug-likeness (QED) is 0.458. The van der Waals surface area contributed by atoms with E-state index in [9.17, 15) is 4.79 Å². The molecule has 0 fully saturated rings. The Morgan fingerprint density at radius 3 is 2.72 bits per heavy atom. The van der Waals surface area contributed by atoms with Gasteiger partial charge in [-0.3, -0.25) is 9.20 Å². The highest BCUT2D eigenvalue weighted by Gasteiger charge is 2.18. The summed E-state index contributed by atoms with van der Waals surface area (Å²) in [6.07, 6.45) is 7.05. The number of benzene rings is 2. The second-order valence-corrected chi connectivity index (χ2v) is 7.21. The third kappa shape index (κ3) is 3.47. The summed E-state index contributed by atoms with van der Waals surface area (Å²) >= 11 is 0. The van der Waals surface area contributed by atoms with Gasteiger partial charge in [0.15, 0.2) is 0 Å². The van der Waals surface area contributed by atoms with E-state index >= 15 is 0 Å². The number of aromatic nitrogens is 5. The number of anilines is 1. The van der Waals surface area contributed by atoms with Gasteiger partial charge in [0.2, 0.25) is 5.78 Å². The molecule has 0 saturated carbocycles. The number of amides is 1. The number of rotatable bonds is 5. The predicted molar refractivity (Wildman–Crippen MR) is 121 cm³/mol. The molecule has 0 atom stereocenters. The summed E-state index contributed by atoms with van der Waals surface area (Å²) in [7, 11) is 1.57. The molecule has 8 heteroatoms. The molecule has 5 aromatic rings. The van der Waals surface area contributed by atoms with Crippen LogP contribution < -0.4 is 10.1 Å². The number of carbonyl (C=O) groups excluding carboxylic acids is 1. The lowest BCUT2D eigenvalue weighted by molar-refractivity contribution is 0.102. The lowest BCUT2D eigenvalue weighted by Gasteiger charge is -2.12. The number of nitrogens with one attached hydrogen (secondary N) is 1. The normalized spacial score (nSPS) is 10.9. The summed E-state index contributed by atoms with van der Waals surface area (Å²) in [5.74, 6) is 0.891. The summed E-state index contributed by atoms with van der Waals surface area (Å²) in [5, 5.41) is 7.35. The van der Waals surface area contributed by atoms with Gasteiger partial charge in [0, 0.05) is 24.2 Å². The fourth-order valence-corrected chi connectivity index (χ4v) is 3.59. The molecule has 2 aromatic carbocycles. The maximum absolute atomic E-state index is 13.1. The Labute approximate surface area is 184 Å². The number of imidazole rings is 1. The lowest BCUT2D eigenvalue weighted by Crippen LogP contribution is -2.14. The largest absolute Gasteiger partial charge is 0.495 e. The van der Waals surface area contributed by atoms with E-state index in [1.165, 1.54) is 0 Å². The van der Waals surface area contributed by atoms with Crippen LogP contribution in [0.3, 0.4) is 0 Å². The number of methoxy groups -OCH3 is 1. The van der Waals surface area contributed by atoms with Crippen LogP contribution in [0.15, 0.2) is 79.4 Å². The monoisotopic (exact) mass is 424 g/mol.